The number of carbonyl (C=O) groups is 3. The maximum atomic E-state index is 13.0. The first-order chi connectivity index (χ1) is 19.5. The van der Waals surface area contributed by atoms with Crippen LogP contribution in [-0.4, -0.2) is 71.0 Å². The molecule has 3 saturated heterocycles. The second kappa shape index (κ2) is 10.3. The van der Waals surface area contributed by atoms with Crippen molar-refractivity contribution in [2.75, 3.05) is 26.3 Å². The second-order valence-electron chi connectivity index (χ2n) is 11.3. The summed E-state index contributed by atoms with van der Waals surface area (Å²) in [6, 6.07) is 13.8. The van der Waals surface area contributed by atoms with Crippen molar-refractivity contribution in [2.24, 2.45) is 0 Å². The molecule has 1 unspecified atom stereocenters. The third-order valence-corrected chi connectivity index (χ3v) is 8.62. The highest BCUT2D eigenvalue weighted by molar-refractivity contribution is 6.05. The number of nitrogens with zero attached hydrogens (tertiary/aromatic N) is 3. The number of pyridine rings is 1. The van der Waals surface area contributed by atoms with E-state index in [0.29, 0.717) is 24.4 Å². The molecule has 3 aromatic rings. The molecule has 0 spiro atoms. The molecule has 4 aliphatic rings. The van der Waals surface area contributed by atoms with Crippen LogP contribution in [0.15, 0.2) is 48.7 Å². The van der Waals surface area contributed by atoms with Gasteiger partial charge in [0.2, 0.25) is 11.8 Å². The minimum atomic E-state index is -0.614. The fourth-order valence-corrected chi connectivity index (χ4v) is 6.43. The summed E-state index contributed by atoms with van der Waals surface area (Å²) < 4.78 is 11.9. The molecule has 3 atom stereocenters. The lowest BCUT2D eigenvalue weighted by Gasteiger charge is -2.29. The number of likely N-dealkylation sites (tertiary alicyclic amines) is 1. The van der Waals surface area contributed by atoms with E-state index >= 15 is 0 Å². The summed E-state index contributed by atoms with van der Waals surface area (Å²) in [7, 11) is 0. The van der Waals surface area contributed by atoms with Gasteiger partial charge in [-0.1, -0.05) is 18.2 Å². The summed E-state index contributed by atoms with van der Waals surface area (Å²) in [4.78, 5) is 45.4. The van der Waals surface area contributed by atoms with Crippen molar-refractivity contribution in [3.8, 4) is 5.75 Å². The van der Waals surface area contributed by atoms with E-state index in [-0.39, 0.29) is 24.3 Å². The molecule has 1 N–H and O–H groups in total. The highest BCUT2D eigenvalue weighted by Crippen LogP contribution is 2.32. The van der Waals surface area contributed by atoms with Crippen molar-refractivity contribution in [1.82, 2.24) is 20.1 Å². The first kappa shape index (κ1) is 25.2. The number of carbonyl (C=O) groups excluding carboxylic acids is 3. The molecule has 9 nitrogen and oxygen atoms in total. The lowest BCUT2D eigenvalue weighted by molar-refractivity contribution is -0.136. The maximum absolute atomic E-state index is 13.0. The molecular formula is C31H32N4O5. The summed E-state index contributed by atoms with van der Waals surface area (Å²) in [5.41, 5.74) is 3.84. The van der Waals surface area contributed by atoms with Gasteiger partial charge in [-0.15, -0.1) is 0 Å². The zero-order valence-corrected chi connectivity index (χ0v) is 22.3. The maximum Gasteiger partial charge on any atom is 0.255 e. The van der Waals surface area contributed by atoms with E-state index in [1.54, 1.807) is 11.0 Å². The van der Waals surface area contributed by atoms with Gasteiger partial charge >= 0.3 is 0 Å². The molecule has 7 rings (SSSR count). The van der Waals surface area contributed by atoms with Crippen LogP contribution in [0.1, 0.15) is 58.8 Å². The number of hydrogen-bond donors (Lipinski definition) is 1. The van der Waals surface area contributed by atoms with Crippen LogP contribution < -0.4 is 10.1 Å². The zero-order chi connectivity index (χ0) is 27.2. The molecule has 206 valence electrons. The van der Waals surface area contributed by atoms with Crippen LogP contribution in [0.4, 0.5) is 0 Å². The van der Waals surface area contributed by atoms with Crippen molar-refractivity contribution in [3.05, 3.63) is 71.0 Å². The third kappa shape index (κ3) is 4.84. The molecule has 4 aliphatic heterocycles. The summed E-state index contributed by atoms with van der Waals surface area (Å²) in [6.07, 6.45) is 4.61. The summed E-state index contributed by atoms with van der Waals surface area (Å²) in [5.74, 6) is 0.359. The van der Waals surface area contributed by atoms with Crippen molar-refractivity contribution in [3.63, 3.8) is 0 Å². The number of hydrogen-bond acceptors (Lipinski definition) is 7. The van der Waals surface area contributed by atoms with E-state index in [1.807, 2.05) is 18.3 Å². The van der Waals surface area contributed by atoms with Crippen LogP contribution in [0, 0.1) is 0 Å². The predicted molar refractivity (Wildman–Crippen MR) is 147 cm³/mol. The number of aromatic nitrogens is 1. The molecule has 0 aliphatic carbocycles. The third-order valence-electron chi connectivity index (χ3n) is 8.62. The molecule has 1 aromatic heterocycles. The topological polar surface area (TPSA) is 101 Å². The van der Waals surface area contributed by atoms with E-state index in [2.05, 4.69) is 34.5 Å². The monoisotopic (exact) mass is 540 g/mol. The second-order valence-corrected chi connectivity index (χ2v) is 11.3. The van der Waals surface area contributed by atoms with Gasteiger partial charge in [-0.3, -0.25) is 29.6 Å². The fourth-order valence-electron chi connectivity index (χ4n) is 6.43. The largest absolute Gasteiger partial charge is 0.489 e. The Balaban J connectivity index is 0.978. The van der Waals surface area contributed by atoms with Crippen LogP contribution >= 0.6 is 0 Å². The number of piperidine rings is 1. The Hall–Kier alpha value is -3.82. The van der Waals surface area contributed by atoms with Crippen molar-refractivity contribution in [2.45, 2.75) is 56.8 Å². The van der Waals surface area contributed by atoms with Crippen LogP contribution in [0.2, 0.25) is 0 Å². The predicted octanol–water partition coefficient (Wildman–Crippen LogP) is 3.15. The highest BCUT2D eigenvalue weighted by atomic mass is 16.5. The number of fused-ring (bicyclic) bond motifs is 2. The average molecular weight is 541 g/mol. The van der Waals surface area contributed by atoms with Crippen LogP contribution in [0.3, 0.4) is 0 Å². The molecule has 3 fully saturated rings. The van der Waals surface area contributed by atoms with Gasteiger partial charge in [0.15, 0.2) is 0 Å². The van der Waals surface area contributed by atoms with Gasteiger partial charge in [0.05, 0.1) is 12.3 Å². The Kier molecular flexibility index (Phi) is 6.48. The number of amides is 3. The summed E-state index contributed by atoms with van der Waals surface area (Å²) >= 11 is 0. The Labute approximate surface area is 232 Å². The van der Waals surface area contributed by atoms with E-state index in [0.717, 1.165) is 68.1 Å². The molecule has 5 heterocycles. The van der Waals surface area contributed by atoms with Gasteiger partial charge in [0, 0.05) is 62.3 Å². The van der Waals surface area contributed by atoms with Crippen LogP contribution in [0.25, 0.3) is 10.8 Å². The molecule has 0 saturated carbocycles. The molecule has 9 heteroatoms. The standard InChI is InChI=1S/C31H32N4O5/c36-29-6-5-28(30(37)33-29)35-15-23-13-25(3-4-27(23)31(35)38)40-26-7-9-34(17-26)16-24-12-22-11-19(21-8-10-39-18-21)1-2-20(22)14-32-24/h1-4,11-14,21,26,28H,5-10,15-18H2,(H,33,36,37)/t21-,26-,28?/m0/s1. The molecule has 2 aromatic carbocycles. The van der Waals surface area contributed by atoms with E-state index in [4.69, 9.17) is 14.5 Å². The zero-order valence-electron chi connectivity index (χ0n) is 22.3. The average Bonchev–Trinajstić information content (AvgIpc) is 3.70. The van der Waals surface area contributed by atoms with E-state index < -0.39 is 11.9 Å². The normalized spacial score (nSPS) is 25.1. The molecule has 40 heavy (non-hydrogen) atoms. The van der Waals surface area contributed by atoms with Crippen LogP contribution in [-0.2, 0) is 27.4 Å². The smallest absolute Gasteiger partial charge is 0.255 e. The van der Waals surface area contributed by atoms with Crippen molar-refractivity contribution < 1.29 is 23.9 Å². The lowest BCUT2D eigenvalue weighted by Crippen LogP contribution is -2.52. The van der Waals surface area contributed by atoms with Gasteiger partial charge in [-0.05, 0) is 60.0 Å². The van der Waals surface area contributed by atoms with E-state index in [9.17, 15) is 14.4 Å². The minimum Gasteiger partial charge on any atom is -0.489 e. The van der Waals surface area contributed by atoms with Gasteiger partial charge < -0.3 is 14.4 Å². The minimum absolute atomic E-state index is 0.0517. The van der Waals surface area contributed by atoms with Gasteiger partial charge in [-0.2, -0.15) is 0 Å². The number of ether oxygens (including phenoxy) is 2. The fraction of sp³-hybridized carbons (Fsp3) is 0.419. The van der Waals surface area contributed by atoms with Gasteiger partial charge in [0.1, 0.15) is 17.9 Å². The Morgan fingerprint density at radius 1 is 1.02 bits per heavy atom. The number of nitrogens with one attached hydrogen (secondary N) is 1. The molecule has 0 radical (unpaired) electrons. The number of benzene rings is 2. The first-order valence-corrected chi connectivity index (χ1v) is 14.1. The summed E-state index contributed by atoms with van der Waals surface area (Å²) in [5, 5.41) is 4.72. The molecule has 0 bridgehead atoms. The van der Waals surface area contributed by atoms with Gasteiger partial charge in [0.25, 0.3) is 5.91 Å². The molecular weight excluding hydrogens is 508 g/mol. The van der Waals surface area contributed by atoms with Gasteiger partial charge in [-0.25, -0.2) is 0 Å². The highest BCUT2D eigenvalue weighted by Gasteiger charge is 2.39. The Bertz CT molecular complexity index is 1500. The molecule has 3 amide bonds. The SMILES string of the molecule is O=C1CCC(N2Cc3cc(O[C@H]4CCN(Cc5cc6cc([C@H]7CCOC7)ccc6cn5)C4)ccc3C2=O)C(=O)N1. The quantitative estimate of drug-likeness (QED) is 0.480. The van der Waals surface area contributed by atoms with Crippen molar-refractivity contribution >= 4 is 28.5 Å². The first-order valence-electron chi connectivity index (χ1n) is 14.1. The van der Waals surface area contributed by atoms with E-state index in [1.165, 1.54) is 10.9 Å². The van der Waals surface area contributed by atoms with Crippen LogP contribution in [0.5, 0.6) is 5.75 Å². The Morgan fingerprint density at radius 2 is 1.95 bits per heavy atom. The summed E-state index contributed by atoms with van der Waals surface area (Å²) in [6.45, 7) is 4.49. The lowest BCUT2D eigenvalue weighted by atomic mass is 9.96. The number of rotatable bonds is 6. The van der Waals surface area contributed by atoms with Crippen molar-refractivity contribution in [1.29, 1.82) is 0 Å². The Morgan fingerprint density at radius 3 is 2.80 bits per heavy atom. The number of imide groups is 1.